The van der Waals surface area contributed by atoms with Gasteiger partial charge in [-0.05, 0) is 41.5 Å². The van der Waals surface area contributed by atoms with Crippen LogP contribution in [0.1, 0.15) is 36.3 Å². The number of fused-ring (bicyclic) bond motifs is 3. The van der Waals surface area contributed by atoms with Gasteiger partial charge in [0.05, 0.1) is 18.2 Å². The Bertz CT molecular complexity index is 831. The fraction of sp³-hybridized carbons (Fsp3) is 0.409. The average Bonchev–Trinajstić information content (AvgIpc) is 3.16. The molecule has 1 saturated carbocycles. The molecule has 2 aromatic rings. The second-order valence-electron chi connectivity index (χ2n) is 7.75. The van der Waals surface area contributed by atoms with Gasteiger partial charge >= 0.3 is 6.09 Å². The van der Waals surface area contributed by atoms with Crippen molar-refractivity contribution in [3.8, 4) is 11.1 Å². The van der Waals surface area contributed by atoms with Crippen molar-refractivity contribution in [3.63, 3.8) is 0 Å². The highest BCUT2D eigenvalue weighted by molar-refractivity contribution is 5.79. The van der Waals surface area contributed by atoms with E-state index in [1.54, 1.807) is 0 Å². The number of carbonyl (C=O) groups is 1. The standard InChI is InChI=1S/C22H23NO4/c24-20-19(13-27-22(20)10-5-11-22)23-21(25)26-12-18-16-8-3-1-6-14(16)15-7-2-4-9-17(15)18/h1-4,6-9,18-20,24H,5,10-13H2,(H,23,25)/t19-,20+/m0/s1. The van der Waals surface area contributed by atoms with Crippen molar-refractivity contribution in [1.29, 1.82) is 0 Å². The van der Waals surface area contributed by atoms with Crippen LogP contribution in [0.15, 0.2) is 48.5 Å². The summed E-state index contributed by atoms with van der Waals surface area (Å²) < 4.78 is 11.3. The summed E-state index contributed by atoms with van der Waals surface area (Å²) in [4.78, 5) is 12.3. The Labute approximate surface area is 158 Å². The lowest BCUT2D eigenvalue weighted by atomic mass is 9.75. The maximum atomic E-state index is 12.3. The van der Waals surface area contributed by atoms with E-state index in [2.05, 4.69) is 29.6 Å². The van der Waals surface area contributed by atoms with Crippen molar-refractivity contribution in [1.82, 2.24) is 5.32 Å². The molecule has 2 fully saturated rings. The molecule has 5 nitrogen and oxygen atoms in total. The molecule has 1 spiro atoms. The Morgan fingerprint density at radius 2 is 1.74 bits per heavy atom. The fourth-order valence-electron chi connectivity index (χ4n) is 4.68. The number of aliphatic hydroxyl groups excluding tert-OH is 1. The number of aliphatic hydroxyl groups is 1. The van der Waals surface area contributed by atoms with Gasteiger partial charge in [-0.15, -0.1) is 0 Å². The van der Waals surface area contributed by atoms with Crippen LogP contribution in [0.3, 0.4) is 0 Å². The number of hydrogen-bond donors (Lipinski definition) is 2. The lowest BCUT2D eigenvalue weighted by molar-refractivity contribution is -0.111. The Hall–Kier alpha value is -2.37. The van der Waals surface area contributed by atoms with Crippen LogP contribution in [0.2, 0.25) is 0 Å². The number of ether oxygens (including phenoxy) is 2. The van der Waals surface area contributed by atoms with Crippen molar-refractivity contribution < 1.29 is 19.4 Å². The first kappa shape index (κ1) is 16.8. The number of carbonyl (C=O) groups excluding carboxylic acids is 1. The summed E-state index contributed by atoms with van der Waals surface area (Å²) >= 11 is 0. The highest BCUT2D eigenvalue weighted by Gasteiger charge is 2.53. The molecule has 0 radical (unpaired) electrons. The smallest absolute Gasteiger partial charge is 0.407 e. The van der Waals surface area contributed by atoms with Crippen molar-refractivity contribution in [2.24, 2.45) is 0 Å². The Morgan fingerprint density at radius 1 is 1.11 bits per heavy atom. The first-order valence-corrected chi connectivity index (χ1v) is 9.61. The molecule has 0 aromatic heterocycles. The Balaban J connectivity index is 1.26. The Morgan fingerprint density at radius 3 is 2.30 bits per heavy atom. The summed E-state index contributed by atoms with van der Waals surface area (Å²) in [5, 5.41) is 13.2. The molecule has 27 heavy (non-hydrogen) atoms. The van der Waals surface area contributed by atoms with E-state index < -0.39 is 23.8 Å². The number of nitrogens with one attached hydrogen (secondary N) is 1. The molecule has 1 saturated heterocycles. The van der Waals surface area contributed by atoms with Crippen LogP contribution in [0.5, 0.6) is 0 Å². The molecule has 2 atom stereocenters. The van der Waals surface area contributed by atoms with Gasteiger partial charge in [-0.3, -0.25) is 0 Å². The maximum absolute atomic E-state index is 12.3. The molecule has 0 unspecified atom stereocenters. The van der Waals surface area contributed by atoms with E-state index in [9.17, 15) is 9.90 Å². The van der Waals surface area contributed by atoms with Gasteiger partial charge < -0.3 is 19.9 Å². The van der Waals surface area contributed by atoms with Crippen molar-refractivity contribution in [2.75, 3.05) is 13.2 Å². The van der Waals surface area contributed by atoms with E-state index in [1.807, 2.05) is 24.3 Å². The molecule has 2 aliphatic carbocycles. The largest absolute Gasteiger partial charge is 0.449 e. The molecule has 140 valence electrons. The van der Waals surface area contributed by atoms with Gasteiger partial charge in [0.2, 0.25) is 0 Å². The highest BCUT2D eigenvalue weighted by Crippen LogP contribution is 2.45. The predicted octanol–water partition coefficient (Wildman–Crippen LogP) is 3.21. The first-order chi connectivity index (χ1) is 13.2. The number of rotatable bonds is 3. The summed E-state index contributed by atoms with van der Waals surface area (Å²) in [6, 6.07) is 16.1. The van der Waals surface area contributed by atoms with E-state index in [1.165, 1.54) is 22.3 Å². The van der Waals surface area contributed by atoms with Crippen LogP contribution in [0, 0.1) is 0 Å². The number of alkyl carbamates (subject to hydrolysis) is 1. The van der Waals surface area contributed by atoms with Crippen molar-refractivity contribution in [3.05, 3.63) is 59.7 Å². The zero-order valence-corrected chi connectivity index (χ0v) is 15.1. The predicted molar refractivity (Wildman–Crippen MR) is 101 cm³/mol. The van der Waals surface area contributed by atoms with Gasteiger partial charge in [0.25, 0.3) is 0 Å². The van der Waals surface area contributed by atoms with E-state index in [0.717, 1.165) is 19.3 Å². The molecule has 2 N–H and O–H groups in total. The molecule has 3 aliphatic rings. The second-order valence-corrected chi connectivity index (χ2v) is 7.75. The van der Waals surface area contributed by atoms with Crippen LogP contribution >= 0.6 is 0 Å². The van der Waals surface area contributed by atoms with Gasteiger partial charge in [0.15, 0.2) is 0 Å². The number of benzene rings is 2. The summed E-state index contributed by atoms with van der Waals surface area (Å²) in [7, 11) is 0. The molecular weight excluding hydrogens is 342 g/mol. The SMILES string of the molecule is O=C(N[C@H]1COC2(CCC2)[C@@H]1O)OCC1c2ccccc2-c2ccccc21. The van der Waals surface area contributed by atoms with Crippen molar-refractivity contribution in [2.45, 2.75) is 42.9 Å². The fourth-order valence-corrected chi connectivity index (χ4v) is 4.68. The van der Waals surface area contributed by atoms with Crippen LogP contribution < -0.4 is 5.32 Å². The normalized spacial score (nSPS) is 24.9. The topological polar surface area (TPSA) is 67.8 Å². The number of hydrogen-bond acceptors (Lipinski definition) is 4. The van der Waals surface area contributed by atoms with E-state index in [4.69, 9.17) is 9.47 Å². The zero-order chi connectivity index (χ0) is 18.4. The molecular formula is C22H23NO4. The molecule has 2 aromatic carbocycles. The third-order valence-corrected chi connectivity index (χ3v) is 6.32. The molecule has 5 rings (SSSR count). The molecule has 1 aliphatic heterocycles. The molecule has 5 heteroatoms. The quantitative estimate of drug-likeness (QED) is 0.876. The van der Waals surface area contributed by atoms with Gasteiger partial charge in [-0.25, -0.2) is 4.79 Å². The monoisotopic (exact) mass is 365 g/mol. The maximum Gasteiger partial charge on any atom is 0.407 e. The van der Waals surface area contributed by atoms with E-state index in [0.29, 0.717) is 6.61 Å². The van der Waals surface area contributed by atoms with Gasteiger partial charge in [-0.1, -0.05) is 48.5 Å². The lowest BCUT2D eigenvalue weighted by Gasteiger charge is -2.40. The minimum absolute atomic E-state index is 0.0332. The molecule has 1 heterocycles. The minimum atomic E-state index is -0.660. The zero-order valence-electron chi connectivity index (χ0n) is 15.1. The van der Waals surface area contributed by atoms with Gasteiger partial charge in [0.1, 0.15) is 12.7 Å². The summed E-state index contributed by atoms with van der Waals surface area (Å²) in [5.74, 6) is 0.0332. The Kier molecular flexibility index (Phi) is 3.95. The average molecular weight is 365 g/mol. The van der Waals surface area contributed by atoms with Gasteiger partial charge in [0, 0.05) is 5.92 Å². The van der Waals surface area contributed by atoms with Crippen LogP contribution in [-0.2, 0) is 9.47 Å². The summed E-state index contributed by atoms with van der Waals surface area (Å²) in [6.07, 6.45) is 1.62. The first-order valence-electron chi connectivity index (χ1n) is 9.61. The third-order valence-electron chi connectivity index (χ3n) is 6.32. The molecule has 0 bridgehead atoms. The number of amides is 1. The third kappa shape index (κ3) is 2.65. The van der Waals surface area contributed by atoms with E-state index in [-0.39, 0.29) is 12.5 Å². The van der Waals surface area contributed by atoms with Crippen LogP contribution in [0.4, 0.5) is 4.79 Å². The lowest BCUT2D eigenvalue weighted by Crippen LogP contribution is -2.52. The van der Waals surface area contributed by atoms with E-state index >= 15 is 0 Å². The van der Waals surface area contributed by atoms with Crippen molar-refractivity contribution >= 4 is 6.09 Å². The van der Waals surface area contributed by atoms with Crippen LogP contribution in [0.25, 0.3) is 11.1 Å². The minimum Gasteiger partial charge on any atom is -0.449 e. The summed E-state index contributed by atoms with van der Waals surface area (Å²) in [5.41, 5.74) is 4.33. The highest BCUT2D eigenvalue weighted by atomic mass is 16.6. The second kappa shape index (κ2) is 6.36. The van der Waals surface area contributed by atoms with Crippen LogP contribution in [-0.4, -0.2) is 42.2 Å². The molecule has 1 amide bonds. The van der Waals surface area contributed by atoms with Gasteiger partial charge in [-0.2, -0.15) is 0 Å². The summed E-state index contributed by atoms with van der Waals surface area (Å²) in [6.45, 7) is 0.611.